The van der Waals surface area contributed by atoms with Crippen LogP contribution in [0.1, 0.15) is 125 Å². The summed E-state index contributed by atoms with van der Waals surface area (Å²) in [6.45, 7) is 11.9. The first-order valence-electron chi connectivity index (χ1n) is 10.6. The van der Waals surface area contributed by atoms with Crippen LogP contribution in [0.3, 0.4) is 0 Å². The van der Waals surface area contributed by atoms with Crippen LogP contribution in [-0.4, -0.2) is 0 Å². The maximum absolute atomic E-state index is 2.47. The highest BCUT2D eigenvalue weighted by Gasteiger charge is 2.06. The van der Waals surface area contributed by atoms with E-state index in [-0.39, 0.29) is 0 Å². The smallest absolute Gasteiger partial charge is 0.0440 e. The maximum Gasteiger partial charge on any atom is -0.0440 e. The van der Waals surface area contributed by atoms with Crippen molar-refractivity contribution in [3.63, 3.8) is 0 Å². The van der Waals surface area contributed by atoms with Crippen LogP contribution in [0.2, 0.25) is 0 Å². The molecule has 0 bridgehead atoms. The van der Waals surface area contributed by atoms with Gasteiger partial charge >= 0.3 is 0 Å². The van der Waals surface area contributed by atoms with E-state index >= 15 is 0 Å². The van der Waals surface area contributed by atoms with Crippen LogP contribution in [0.15, 0.2) is 0 Å². The fourth-order valence-electron chi connectivity index (χ4n) is 3.68. The van der Waals surface area contributed by atoms with Crippen molar-refractivity contribution in [1.82, 2.24) is 0 Å². The monoisotopic (exact) mass is 310 g/mol. The Kier molecular flexibility index (Phi) is 15.9. The van der Waals surface area contributed by atoms with Gasteiger partial charge in [-0.1, -0.05) is 118 Å². The molecule has 0 aromatic heterocycles. The van der Waals surface area contributed by atoms with Gasteiger partial charge in [0, 0.05) is 0 Å². The Morgan fingerprint density at radius 2 is 0.909 bits per heavy atom. The van der Waals surface area contributed by atoms with Crippen LogP contribution in [-0.2, 0) is 0 Å². The molecule has 0 rings (SSSR count). The van der Waals surface area contributed by atoms with Crippen LogP contribution < -0.4 is 0 Å². The molecule has 0 nitrogen and oxygen atoms in total. The molecule has 2 unspecified atom stereocenters. The first-order valence-corrected chi connectivity index (χ1v) is 10.6. The van der Waals surface area contributed by atoms with E-state index in [1.807, 2.05) is 0 Å². The van der Waals surface area contributed by atoms with Gasteiger partial charge in [-0.3, -0.25) is 0 Å². The number of rotatable bonds is 16. The second-order valence-corrected chi connectivity index (χ2v) is 8.39. The third-order valence-corrected chi connectivity index (χ3v) is 5.07. The summed E-state index contributed by atoms with van der Waals surface area (Å²) in [6, 6.07) is 0. The summed E-state index contributed by atoms with van der Waals surface area (Å²) in [4.78, 5) is 0. The van der Waals surface area contributed by atoms with Gasteiger partial charge in [0.2, 0.25) is 0 Å². The van der Waals surface area contributed by atoms with Crippen molar-refractivity contribution in [2.45, 2.75) is 125 Å². The molecule has 0 heteroatoms. The Balaban J connectivity index is 3.27. The van der Waals surface area contributed by atoms with Gasteiger partial charge in [-0.25, -0.2) is 0 Å². The van der Waals surface area contributed by atoms with E-state index in [1.54, 1.807) is 0 Å². The van der Waals surface area contributed by atoms with Crippen molar-refractivity contribution < 1.29 is 0 Å². The second-order valence-electron chi connectivity index (χ2n) is 8.39. The quantitative estimate of drug-likeness (QED) is 0.251. The molecule has 0 fully saturated rings. The molecule has 0 amide bonds. The van der Waals surface area contributed by atoms with E-state index < -0.39 is 0 Å². The highest BCUT2D eigenvalue weighted by atomic mass is 14.1. The topological polar surface area (TPSA) is 0 Å². The molecule has 0 saturated heterocycles. The van der Waals surface area contributed by atoms with Gasteiger partial charge in [-0.05, 0) is 24.2 Å². The van der Waals surface area contributed by atoms with Crippen molar-refractivity contribution in [3.05, 3.63) is 0 Å². The van der Waals surface area contributed by atoms with Crippen LogP contribution in [0.25, 0.3) is 0 Å². The van der Waals surface area contributed by atoms with Gasteiger partial charge in [0.05, 0.1) is 0 Å². The highest BCUT2D eigenvalue weighted by molar-refractivity contribution is 4.59. The fraction of sp³-hybridized carbons (Fsp3) is 1.00. The minimum atomic E-state index is 0.871. The zero-order valence-corrected chi connectivity index (χ0v) is 16.6. The number of hydrogen-bond acceptors (Lipinski definition) is 0. The maximum atomic E-state index is 2.47. The first-order chi connectivity index (χ1) is 10.6. The summed E-state index contributed by atoms with van der Waals surface area (Å²) in [5, 5.41) is 0. The third-order valence-electron chi connectivity index (χ3n) is 5.07. The molecule has 0 radical (unpaired) electrons. The van der Waals surface area contributed by atoms with Crippen molar-refractivity contribution in [2.24, 2.45) is 17.8 Å². The Morgan fingerprint density at radius 3 is 1.41 bits per heavy atom. The zero-order chi connectivity index (χ0) is 16.6. The van der Waals surface area contributed by atoms with Crippen molar-refractivity contribution in [3.8, 4) is 0 Å². The van der Waals surface area contributed by atoms with Crippen molar-refractivity contribution >= 4 is 0 Å². The van der Waals surface area contributed by atoms with Crippen molar-refractivity contribution in [1.29, 1.82) is 0 Å². The second kappa shape index (κ2) is 15.9. The average molecular weight is 311 g/mol. The molecule has 22 heavy (non-hydrogen) atoms. The molecule has 0 heterocycles. The molecular formula is C22H46. The zero-order valence-electron chi connectivity index (χ0n) is 16.6. The van der Waals surface area contributed by atoms with Gasteiger partial charge in [0.15, 0.2) is 0 Å². The van der Waals surface area contributed by atoms with E-state index in [1.165, 1.54) is 89.9 Å². The minimum absolute atomic E-state index is 0.871. The first kappa shape index (κ1) is 22.0. The normalized spacial score (nSPS) is 14.5. The largest absolute Gasteiger partial charge is 0.0654 e. The predicted molar refractivity (Wildman–Crippen MR) is 103 cm³/mol. The number of unbranched alkanes of at least 4 members (excludes halogenated alkanes) is 8. The molecule has 134 valence electrons. The molecule has 0 aliphatic carbocycles. The van der Waals surface area contributed by atoms with Crippen LogP contribution in [0, 0.1) is 17.8 Å². The molecule has 0 saturated carbocycles. The Hall–Kier alpha value is 0. The lowest BCUT2D eigenvalue weighted by Gasteiger charge is -2.15. The summed E-state index contributed by atoms with van der Waals surface area (Å²) >= 11 is 0. The van der Waals surface area contributed by atoms with E-state index in [9.17, 15) is 0 Å². The SMILES string of the molecule is CCCCCCCCCCC(C)CCCCC(C)CC(C)C. The Labute approximate surface area is 142 Å². The van der Waals surface area contributed by atoms with E-state index in [4.69, 9.17) is 0 Å². The molecule has 0 N–H and O–H groups in total. The van der Waals surface area contributed by atoms with E-state index in [0.29, 0.717) is 0 Å². The van der Waals surface area contributed by atoms with Crippen LogP contribution in [0.4, 0.5) is 0 Å². The van der Waals surface area contributed by atoms with Gasteiger partial charge in [-0.2, -0.15) is 0 Å². The van der Waals surface area contributed by atoms with E-state index in [0.717, 1.165) is 17.8 Å². The summed E-state index contributed by atoms with van der Waals surface area (Å²) in [6.07, 6.45) is 20.3. The Morgan fingerprint density at radius 1 is 0.500 bits per heavy atom. The predicted octanol–water partition coefficient (Wildman–Crippen LogP) is 8.40. The summed E-state index contributed by atoms with van der Waals surface area (Å²) in [5.74, 6) is 2.76. The van der Waals surface area contributed by atoms with Gasteiger partial charge in [0.25, 0.3) is 0 Å². The molecule has 0 aromatic rings. The van der Waals surface area contributed by atoms with Gasteiger partial charge in [-0.15, -0.1) is 0 Å². The molecular weight excluding hydrogens is 264 g/mol. The summed E-state index contributed by atoms with van der Waals surface area (Å²) in [5.41, 5.74) is 0. The molecule has 2 atom stereocenters. The molecule has 0 aliphatic heterocycles. The standard InChI is InChI=1S/C22H46/c1-6-7-8-9-10-11-12-13-16-21(4)17-14-15-18-22(5)19-20(2)3/h20-22H,6-19H2,1-5H3. The molecule has 0 spiro atoms. The van der Waals surface area contributed by atoms with Gasteiger partial charge < -0.3 is 0 Å². The van der Waals surface area contributed by atoms with E-state index in [2.05, 4.69) is 34.6 Å². The third kappa shape index (κ3) is 16.4. The summed E-state index contributed by atoms with van der Waals surface area (Å²) < 4.78 is 0. The Bertz CT molecular complexity index is 206. The number of hydrogen-bond donors (Lipinski definition) is 0. The van der Waals surface area contributed by atoms with Gasteiger partial charge in [0.1, 0.15) is 0 Å². The van der Waals surface area contributed by atoms with Crippen molar-refractivity contribution in [2.75, 3.05) is 0 Å². The average Bonchev–Trinajstić information content (AvgIpc) is 2.45. The molecule has 0 aliphatic rings. The minimum Gasteiger partial charge on any atom is -0.0654 e. The highest BCUT2D eigenvalue weighted by Crippen LogP contribution is 2.21. The van der Waals surface area contributed by atoms with Crippen LogP contribution in [0.5, 0.6) is 0 Å². The van der Waals surface area contributed by atoms with Crippen LogP contribution >= 0.6 is 0 Å². The summed E-state index contributed by atoms with van der Waals surface area (Å²) in [7, 11) is 0. The lowest BCUT2D eigenvalue weighted by atomic mass is 9.91. The lowest BCUT2D eigenvalue weighted by Crippen LogP contribution is -2.01. The fourth-order valence-corrected chi connectivity index (χ4v) is 3.68. The lowest BCUT2D eigenvalue weighted by molar-refractivity contribution is 0.380. The molecule has 0 aromatic carbocycles.